The maximum atomic E-state index is 6.06. The highest BCUT2D eigenvalue weighted by molar-refractivity contribution is 7.99. The molecule has 0 aliphatic carbocycles. The highest BCUT2D eigenvalue weighted by Crippen LogP contribution is 2.27. The number of aromatic nitrogens is 2. The fraction of sp³-hybridized carbons (Fsp3) is 0.300. The lowest BCUT2D eigenvalue weighted by atomic mass is 10.3. The Morgan fingerprint density at radius 3 is 2.38 bits per heavy atom. The largest absolute Gasteiger partial charge is 0.474 e. The molecule has 4 rings (SSSR count). The van der Waals surface area contributed by atoms with Crippen molar-refractivity contribution >= 4 is 28.6 Å². The van der Waals surface area contributed by atoms with Gasteiger partial charge < -0.3 is 15.0 Å². The van der Waals surface area contributed by atoms with E-state index in [1.807, 2.05) is 30.3 Å². The van der Waals surface area contributed by atoms with Crippen LogP contribution in [0.25, 0.3) is 11.0 Å². The zero-order valence-electron chi connectivity index (χ0n) is 14.6. The van der Waals surface area contributed by atoms with Gasteiger partial charge in [-0.25, -0.2) is 9.97 Å². The van der Waals surface area contributed by atoms with Crippen molar-refractivity contribution in [2.45, 2.75) is 4.90 Å². The molecule has 5 nitrogen and oxygen atoms in total. The van der Waals surface area contributed by atoms with Crippen molar-refractivity contribution in [3.05, 3.63) is 54.6 Å². The first-order chi connectivity index (χ1) is 12.9. The van der Waals surface area contributed by atoms with Crippen molar-refractivity contribution in [3.63, 3.8) is 0 Å². The van der Waals surface area contributed by atoms with E-state index in [9.17, 15) is 0 Å². The number of fused-ring (bicyclic) bond motifs is 1. The SMILES string of the molecule is c1ccc(SCCOc2nc3ccccc3nc2N2CCNCC2)cc1. The van der Waals surface area contributed by atoms with Gasteiger partial charge in [-0.2, -0.15) is 0 Å². The summed E-state index contributed by atoms with van der Waals surface area (Å²) in [4.78, 5) is 13.1. The molecule has 0 radical (unpaired) electrons. The molecule has 0 amide bonds. The minimum Gasteiger partial charge on any atom is -0.474 e. The Morgan fingerprint density at radius 2 is 1.62 bits per heavy atom. The molecule has 0 saturated carbocycles. The second-order valence-corrected chi connectivity index (χ2v) is 7.26. The number of piperazine rings is 1. The summed E-state index contributed by atoms with van der Waals surface area (Å²) in [5.41, 5.74) is 1.78. The predicted octanol–water partition coefficient (Wildman–Crippen LogP) is 3.21. The van der Waals surface area contributed by atoms with Gasteiger partial charge >= 0.3 is 0 Å². The van der Waals surface area contributed by atoms with Gasteiger partial charge in [0.25, 0.3) is 5.88 Å². The zero-order chi connectivity index (χ0) is 17.6. The highest BCUT2D eigenvalue weighted by atomic mass is 32.2. The fourth-order valence-electron chi connectivity index (χ4n) is 2.97. The minimum atomic E-state index is 0.603. The minimum absolute atomic E-state index is 0.603. The molecule has 1 N–H and O–H groups in total. The number of benzene rings is 2. The summed E-state index contributed by atoms with van der Waals surface area (Å²) in [6, 6.07) is 18.3. The molecular weight excluding hydrogens is 344 g/mol. The Kier molecular flexibility index (Phi) is 5.52. The number of anilines is 1. The van der Waals surface area contributed by atoms with Gasteiger partial charge in [-0.3, -0.25) is 0 Å². The van der Waals surface area contributed by atoms with Crippen molar-refractivity contribution in [2.75, 3.05) is 43.4 Å². The second kappa shape index (κ2) is 8.38. The topological polar surface area (TPSA) is 50.3 Å². The monoisotopic (exact) mass is 366 g/mol. The van der Waals surface area contributed by atoms with Crippen molar-refractivity contribution in [3.8, 4) is 5.88 Å². The number of hydrogen-bond acceptors (Lipinski definition) is 6. The predicted molar refractivity (Wildman–Crippen MR) is 107 cm³/mol. The van der Waals surface area contributed by atoms with Crippen LogP contribution < -0.4 is 15.0 Å². The summed E-state index contributed by atoms with van der Waals surface area (Å²) in [6.45, 7) is 4.35. The normalized spacial score (nSPS) is 14.5. The maximum absolute atomic E-state index is 6.06. The van der Waals surface area contributed by atoms with E-state index in [2.05, 4.69) is 34.5 Å². The van der Waals surface area contributed by atoms with Crippen LogP contribution in [0, 0.1) is 0 Å². The van der Waals surface area contributed by atoms with Gasteiger partial charge in [-0.05, 0) is 24.3 Å². The molecule has 3 aromatic rings. The zero-order valence-corrected chi connectivity index (χ0v) is 15.4. The first-order valence-electron chi connectivity index (χ1n) is 8.93. The summed E-state index contributed by atoms with van der Waals surface area (Å²) in [6.07, 6.45) is 0. The second-order valence-electron chi connectivity index (χ2n) is 6.09. The van der Waals surface area contributed by atoms with Gasteiger partial charge in [0.15, 0.2) is 5.82 Å². The third-order valence-corrected chi connectivity index (χ3v) is 5.25. The van der Waals surface area contributed by atoms with Crippen molar-refractivity contribution < 1.29 is 4.74 Å². The Morgan fingerprint density at radius 1 is 0.923 bits per heavy atom. The van der Waals surface area contributed by atoms with E-state index < -0.39 is 0 Å². The number of nitrogens with one attached hydrogen (secondary N) is 1. The van der Waals surface area contributed by atoms with Crippen LogP contribution in [0.1, 0.15) is 0 Å². The average Bonchev–Trinajstić information content (AvgIpc) is 2.72. The summed E-state index contributed by atoms with van der Waals surface area (Å²) < 4.78 is 6.06. The van der Waals surface area contributed by atoms with E-state index in [0.29, 0.717) is 12.5 Å². The smallest absolute Gasteiger partial charge is 0.258 e. The highest BCUT2D eigenvalue weighted by Gasteiger charge is 2.19. The molecule has 0 bridgehead atoms. The van der Waals surface area contributed by atoms with Crippen LogP contribution in [0.3, 0.4) is 0 Å². The van der Waals surface area contributed by atoms with Gasteiger partial charge in [0.1, 0.15) is 0 Å². The van der Waals surface area contributed by atoms with E-state index in [4.69, 9.17) is 14.7 Å². The van der Waals surface area contributed by atoms with Crippen molar-refractivity contribution in [1.82, 2.24) is 15.3 Å². The van der Waals surface area contributed by atoms with Gasteiger partial charge in [-0.1, -0.05) is 30.3 Å². The number of para-hydroxylation sites is 2. The van der Waals surface area contributed by atoms with Crippen molar-refractivity contribution in [1.29, 1.82) is 0 Å². The quantitative estimate of drug-likeness (QED) is 0.534. The third kappa shape index (κ3) is 4.08. The molecule has 1 aromatic heterocycles. The Labute approximate surface area is 157 Å². The first-order valence-corrected chi connectivity index (χ1v) is 9.92. The van der Waals surface area contributed by atoms with Crippen LogP contribution in [0.5, 0.6) is 5.88 Å². The number of hydrogen-bond donors (Lipinski definition) is 1. The molecule has 1 fully saturated rings. The summed E-state index contributed by atoms with van der Waals surface area (Å²) in [7, 11) is 0. The van der Waals surface area contributed by atoms with E-state index >= 15 is 0 Å². The van der Waals surface area contributed by atoms with E-state index in [1.165, 1.54) is 4.90 Å². The lowest BCUT2D eigenvalue weighted by molar-refractivity contribution is 0.330. The molecule has 134 valence electrons. The number of nitrogens with zero attached hydrogens (tertiary/aromatic N) is 3. The third-order valence-electron chi connectivity index (χ3n) is 4.27. The Hall–Kier alpha value is -2.31. The van der Waals surface area contributed by atoms with Crippen molar-refractivity contribution in [2.24, 2.45) is 0 Å². The maximum Gasteiger partial charge on any atom is 0.258 e. The lowest BCUT2D eigenvalue weighted by Crippen LogP contribution is -2.44. The fourth-order valence-corrected chi connectivity index (χ4v) is 3.72. The molecule has 1 saturated heterocycles. The van der Waals surface area contributed by atoms with Crippen LogP contribution in [0.4, 0.5) is 5.82 Å². The van der Waals surface area contributed by atoms with Crippen LogP contribution >= 0.6 is 11.8 Å². The molecule has 26 heavy (non-hydrogen) atoms. The molecule has 1 aliphatic heterocycles. The molecular formula is C20H22N4OS. The average molecular weight is 366 g/mol. The molecule has 2 heterocycles. The molecule has 6 heteroatoms. The number of thioether (sulfide) groups is 1. The summed E-state index contributed by atoms with van der Waals surface area (Å²) in [5.74, 6) is 2.37. The van der Waals surface area contributed by atoms with E-state index in [-0.39, 0.29) is 0 Å². The van der Waals surface area contributed by atoms with Gasteiger partial charge in [0, 0.05) is 36.8 Å². The number of ether oxygens (including phenoxy) is 1. The van der Waals surface area contributed by atoms with Gasteiger partial charge in [0.05, 0.1) is 17.6 Å². The van der Waals surface area contributed by atoms with Crippen LogP contribution in [-0.4, -0.2) is 48.5 Å². The lowest BCUT2D eigenvalue weighted by Gasteiger charge is -2.29. The number of rotatable bonds is 6. The Bertz CT molecular complexity index is 853. The van der Waals surface area contributed by atoms with Gasteiger partial charge in [-0.15, -0.1) is 11.8 Å². The van der Waals surface area contributed by atoms with Crippen LogP contribution in [0.15, 0.2) is 59.5 Å². The van der Waals surface area contributed by atoms with Crippen LogP contribution in [0.2, 0.25) is 0 Å². The summed E-state index contributed by atoms with van der Waals surface area (Å²) >= 11 is 1.79. The molecule has 2 aromatic carbocycles. The standard InChI is InChI=1S/C20H22N4OS/c1-2-6-16(7-3-1)26-15-14-25-20-19(24-12-10-21-11-13-24)22-17-8-4-5-9-18(17)23-20/h1-9,21H,10-15H2. The summed E-state index contributed by atoms with van der Waals surface area (Å²) in [5, 5.41) is 3.38. The van der Waals surface area contributed by atoms with Gasteiger partial charge in [0.2, 0.25) is 0 Å². The molecule has 1 aliphatic rings. The Balaban J connectivity index is 1.50. The molecule has 0 spiro atoms. The van der Waals surface area contributed by atoms with Crippen LogP contribution in [-0.2, 0) is 0 Å². The molecule has 0 unspecified atom stereocenters. The molecule has 0 atom stereocenters. The van der Waals surface area contributed by atoms with E-state index in [1.54, 1.807) is 11.8 Å². The van der Waals surface area contributed by atoms with E-state index in [0.717, 1.165) is 48.8 Å². The first kappa shape index (κ1) is 17.1.